The van der Waals surface area contributed by atoms with Gasteiger partial charge in [-0.2, -0.15) is 5.10 Å². The second-order valence-corrected chi connectivity index (χ2v) is 5.09. The number of carbonyl (C=O) groups is 1. The molecule has 0 fully saturated rings. The third-order valence-corrected chi connectivity index (χ3v) is 3.83. The summed E-state index contributed by atoms with van der Waals surface area (Å²) in [5.74, 6) is 0.371. The molecule has 0 radical (unpaired) electrons. The summed E-state index contributed by atoms with van der Waals surface area (Å²) in [7, 11) is 0. The highest BCUT2D eigenvalue weighted by atomic mass is 35.5. The number of halogens is 3. The fraction of sp³-hybridized carbons (Fsp3) is 0. The van der Waals surface area contributed by atoms with E-state index in [2.05, 4.69) is 19.8 Å². The average Bonchev–Trinajstić information content (AvgIpc) is 3.02. The number of ether oxygens (including phenoxy) is 1. The summed E-state index contributed by atoms with van der Waals surface area (Å²) in [5, 5.41) is 13.2. The van der Waals surface area contributed by atoms with E-state index in [1.54, 1.807) is 6.07 Å². The Bertz CT molecular complexity index is 858. The van der Waals surface area contributed by atoms with E-state index in [9.17, 15) is 4.79 Å². The van der Waals surface area contributed by atoms with Crippen molar-refractivity contribution in [3.05, 3.63) is 33.5 Å². The number of benzene rings is 1. The highest BCUT2D eigenvalue weighted by molar-refractivity contribution is 6.50. The van der Waals surface area contributed by atoms with Gasteiger partial charge in [-0.3, -0.25) is 0 Å². The summed E-state index contributed by atoms with van der Waals surface area (Å²) in [4.78, 5) is 17.6. The Kier molecular flexibility index (Phi) is 3.40. The molecule has 2 heterocycles. The van der Waals surface area contributed by atoms with E-state index in [0.717, 1.165) is 0 Å². The predicted octanol–water partition coefficient (Wildman–Crippen LogP) is 3.77. The van der Waals surface area contributed by atoms with Crippen LogP contribution in [0.15, 0.2) is 18.5 Å². The summed E-state index contributed by atoms with van der Waals surface area (Å²) in [6.07, 6.45) is 1.16. The Morgan fingerprint density at radius 1 is 1.33 bits per heavy atom. The maximum Gasteiger partial charge on any atom is 0.511 e. The Balaban J connectivity index is 2.07. The van der Waals surface area contributed by atoms with Crippen LogP contribution in [-0.4, -0.2) is 31.0 Å². The summed E-state index contributed by atoms with van der Waals surface area (Å²) in [6, 6.07) is 1.58. The molecule has 108 valence electrons. The van der Waals surface area contributed by atoms with Gasteiger partial charge in [0.2, 0.25) is 5.95 Å². The Hall–Kier alpha value is -1.96. The van der Waals surface area contributed by atoms with Crippen molar-refractivity contribution in [2.24, 2.45) is 0 Å². The Morgan fingerprint density at radius 3 is 2.81 bits per heavy atom. The van der Waals surface area contributed by atoms with Crippen LogP contribution in [0, 0.1) is 0 Å². The topological polar surface area (TPSA) is 93.0 Å². The van der Waals surface area contributed by atoms with Gasteiger partial charge >= 0.3 is 6.16 Å². The summed E-state index contributed by atoms with van der Waals surface area (Å²) < 4.78 is 5.78. The van der Waals surface area contributed by atoms with Gasteiger partial charge in [0.25, 0.3) is 0 Å². The van der Waals surface area contributed by atoms with Crippen LogP contribution in [0.1, 0.15) is 0 Å². The largest absolute Gasteiger partial charge is 0.511 e. The van der Waals surface area contributed by atoms with Crippen LogP contribution in [0.4, 0.5) is 4.79 Å². The van der Waals surface area contributed by atoms with Gasteiger partial charge in [-0.05, 0) is 6.07 Å². The minimum absolute atomic E-state index is 0.0603. The number of rotatable bonds is 2. The van der Waals surface area contributed by atoms with Crippen molar-refractivity contribution in [3.8, 4) is 11.7 Å². The lowest BCUT2D eigenvalue weighted by atomic mass is 10.3. The van der Waals surface area contributed by atoms with Crippen molar-refractivity contribution in [1.82, 2.24) is 19.7 Å². The minimum atomic E-state index is -1.43. The maximum atomic E-state index is 10.4. The van der Waals surface area contributed by atoms with Gasteiger partial charge in [0.1, 0.15) is 5.52 Å². The van der Waals surface area contributed by atoms with E-state index in [1.807, 2.05) is 0 Å². The molecule has 0 unspecified atom stereocenters. The number of hydrogen-bond acceptors (Lipinski definition) is 4. The fourth-order valence-electron chi connectivity index (χ4n) is 1.73. The van der Waals surface area contributed by atoms with Gasteiger partial charge in [0.05, 0.1) is 33.0 Å². The number of nitrogens with one attached hydrogen (secondary N) is 1. The third kappa shape index (κ3) is 2.51. The SMILES string of the molecule is O=C(O)Oc1cnn(-c2nc3c(Cl)c(Cl)c(Cl)cc3[nH]2)c1. The first kappa shape index (κ1) is 14.0. The van der Waals surface area contributed by atoms with Gasteiger partial charge < -0.3 is 14.8 Å². The summed E-state index contributed by atoms with van der Waals surface area (Å²) >= 11 is 18.0. The van der Waals surface area contributed by atoms with Gasteiger partial charge in [0, 0.05) is 0 Å². The number of H-pyrrole nitrogens is 1. The quantitative estimate of drug-likeness (QED) is 0.544. The molecule has 10 heteroatoms. The molecule has 0 spiro atoms. The molecule has 1 aromatic carbocycles. The number of aromatic amines is 1. The molecule has 3 aromatic rings. The normalized spacial score (nSPS) is 11.0. The van der Waals surface area contributed by atoms with Crippen LogP contribution >= 0.6 is 34.8 Å². The van der Waals surface area contributed by atoms with Crippen molar-refractivity contribution in [3.63, 3.8) is 0 Å². The van der Waals surface area contributed by atoms with Crippen LogP contribution < -0.4 is 4.74 Å². The third-order valence-electron chi connectivity index (χ3n) is 2.58. The molecule has 0 saturated heterocycles. The van der Waals surface area contributed by atoms with Gasteiger partial charge in [-0.15, -0.1) is 0 Å². The molecule has 2 N–H and O–H groups in total. The van der Waals surface area contributed by atoms with Crippen LogP contribution in [0.2, 0.25) is 15.1 Å². The van der Waals surface area contributed by atoms with E-state index in [0.29, 0.717) is 22.0 Å². The molecule has 0 amide bonds. The van der Waals surface area contributed by atoms with Crippen molar-refractivity contribution >= 4 is 52.0 Å². The minimum Gasteiger partial charge on any atom is -0.449 e. The molecule has 0 bridgehead atoms. The molecular formula is C11H5Cl3N4O3. The van der Waals surface area contributed by atoms with E-state index < -0.39 is 6.16 Å². The van der Waals surface area contributed by atoms with Gasteiger partial charge in [-0.25, -0.2) is 14.5 Å². The average molecular weight is 348 g/mol. The molecule has 7 nitrogen and oxygen atoms in total. The van der Waals surface area contributed by atoms with Gasteiger partial charge in [0.15, 0.2) is 5.75 Å². The van der Waals surface area contributed by atoms with Crippen molar-refractivity contribution < 1.29 is 14.6 Å². The summed E-state index contributed by atoms with van der Waals surface area (Å²) in [5.41, 5.74) is 0.998. The van der Waals surface area contributed by atoms with E-state index >= 15 is 0 Å². The van der Waals surface area contributed by atoms with Crippen molar-refractivity contribution in [2.45, 2.75) is 0 Å². The van der Waals surface area contributed by atoms with Crippen LogP contribution in [0.25, 0.3) is 17.0 Å². The molecule has 21 heavy (non-hydrogen) atoms. The zero-order chi connectivity index (χ0) is 15.1. The lowest BCUT2D eigenvalue weighted by molar-refractivity contribution is 0.144. The number of fused-ring (bicyclic) bond motifs is 1. The highest BCUT2D eigenvalue weighted by Gasteiger charge is 2.15. The summed E-state index contributed by atoms with van der Waals surface area (Å²) in [6.45, 7) is 0. The molecule has 3 rings (SSSR count). The van der Waals surface area contributed by atoms with Crippen LogP contribution in [0.5, 0.6) is 5.75 Å². The number of hydrogen-bond donors (Lipinski definition) is 2. The number of nitrogens with zero attached hydrogens (tertiary/aromatic N) is 3. The maximum absolute atomic E-state index is 10.4. The first-order chi connectivity index (χ1) is 9.95. The number of carboxylic acid groups (broad SMARTS) is 1. The lowest BCUT2D eigenvalue weighted by Crippen LogP contribution is -2.02. The highest BCUT2D eigenvalue weighted by Crippen LogP contribution is 2.36. The number of imidazole rings is 1. The van der Waals surface area contributed by atoms with Crippen molar-refractivity contribution in [1.29, 1.82) is 0 Å². The first-order valence-electron chi connectivity index (χ1n) is 5.44. The Morgan fingerprint density at radius 2 is 2.10 bits per heavy atom. The molecular weight excluding hydrogens is 343 g/mol. The predicted molar refractivity (Wildman–Crippen MR) is 76.9 cm³/mol. The molecule has 2 aromatic heterocycles. The lowest BCUT2D eigenvalue weighted by Gasteiger charge is -1.98. The second kappa shape index (κ2) is 5.10. The smallest absolute Gasteiger partial charge is 0.449 e. The number of aromatic nitrogens is 4. The molecule has 0 aliphatic rings. The van der Waals surface area contributed by atoms with E-state index in [1.165, 1.54) is 17.1 Å². The zero-order valence-corrected chi connectivity index (χ0v) is 12.2. The van der Waals surface area contributed by atoms with Crippen LogP contribution in [0.3, 0.4) is 0 Å². The molecule has 0 aliphatic heterocycles. The first-order valence-corrected chi connectivity index (χ1v) is 6.58. The van der Waals surface area contributed by atoms with E-state index in [-0.39, 0.29) is 15.8 Å². The standard InChI is InChI=1S/C11H5Cl3N4O3/c12-5-1-6-9(8(14)7(5)13)17-10(16-6)18-3-4(2-15-18)21-11(19)20/h1-3H,(H,16,17)(H,19,20). The van der Waals surface area contributed by atoms with Crippen molar-refractivity contribution in [2.75, 3.05) is 0 Å². The molecule has 0 aliphatic carbocycles. The fourth-order valence-corrected chi connectivity index (χ4v) is 2.37. The zero-order valence-electron chi connectivity index (χ0n) is 9.97. The van der Waals surface area contributed by atoms with Crippen LogP contribution in [-0.2, 0) is 0 Å². The second-order valence-electron chi connectivity index (χ2n) is 3.93. The van der Waals surface area contributed by atoms with Gasteiger partial charge in [-0.1, -0.05) is 34.8 Å². The molecule has 0 saturated carbocycles. The monoisotopic (exact) mass is 346 g/mol. The molecule has 0 atom stereocenters. The Labute approximate surface area is 132 Å². The van der Waals surface area contributed by atoms with E-state index in [4.69, 9.17) is 39.9 Å².